The van der Waals surface area contributed by atoms with Gasteiger partial charge in [0.15, 0.2) is 6.10 Å². The highest BCUT2D eigenvalue weighted by Gasteiger charge is 2.25. The number of hydrogen-bond donors (Lipinski definition) is 3. The second-order valence-corrected chi connectivity index (χ2v) is 5.87. The number of carbonyl (C=O) groups excluding carboxylic acids is 3. The first kappa shape index (κ1) is 16.8. The summed E-state index contributed by atoms with van der Waals surface area (Å²) in [6.07, 6.45) is -0.548. The highest BCUT2D eigenvalue weighted by atomic mass is 16.5. The van der Waals surface area contributed by atoms with Crippen molar-refractivity contribution in [1.82, 2.24) is 5.32 Å². The van der Waals surface area contributed by atoms with Crippen LogP contribution in [0.3, 0.4) is 0 Å². The van der Waals surface area contributed by atoms with Crippen molar-refractivity contribution in [3.63, 3.8) is 0 Å². The van der Waals surface area contributed by atoms with Crippen LogP contribution in [0, 0.1) is 5.92 Å². The highest BCUT2D eigenvalue weighted by Crippen LogP contribution is 2.32. The van der Waals surface area contributed by atoms with Gasteiger partial charge in [0.2, 0.25) is 11.8 Å². The SMILES string of the molecule is CC(=O)N[C@H](C(=O)Nc1ccc2c(c1)NC(=O)[C@@H](C)O2)C(C)C. The molecule has 3 amide bonds. The Labute approximate surface area is 134 Å². The monoisotopic (exact) mass is 319 g/mol. The molecule has 0 saturated heterocycles. The number of amides is 3. The van der Waals surface area contributed by atoms with Crippen molar-refractivity contribution in [1.29, 1.82) is 0 Å². The van der Waals surface area contributed by atoms with Gasteiger partial charge in [0.1, 0.15) is 11.8 Å². The van der Waals surface area contributed by atoms with Crippen molar-refractivity contribution in [2.24, 2.45) is 5.92 Å². The van der Waals surface area contributed by atoms with Crippen LogP contribution in [0.4, 0.5) is 11.4 Å². The molecule has 7 heteroatoms. The van der Waals surface area contributed by atoms with E-state index in [4.69, 9.17) is 4.74 Å². The summed E-state index contributed by atoms with van der Waals surface area (Å²) < 4.78 is 5.46. The minimum atomic E-state index is -0.630. The van der Waals surface area contributed by atoms with Crippen LogP contribution < -0.4 is 20.7 Å². The van der Waals surface area contributed by atoms with E-state index in [0.717, 1.165) is 0 Å². The third-order valence-electron chi connectivity index (χ3n) is 3.49. The topological polar surface area (TPSA) is 96.5 Å². The second kappa shape index (κ2) is 6.68. The summed E-state index contributed by atoms with van der Waals surface area (Å²) in [5, 5.41) is 8.10. The lowest BCUT2D eigenvalue weighted by molar-refractivity contribution is -0.126. The molecular weight excluding hydrogens is 298 g/mol. The normalized spacial score (nSPS) is 17.6. The Hall–Kier alpha value is -2.57. The van der Waals surface area contributed by atoms with Crippen LogP contribution in [0.25, 0.3) is 0 Å². The standard InChI is InChI=1S/C16H21N3O4/c1-8(2)14(17-10(4)20)16(22)18-11-5-6-13-12(7-11)19-15(21)9(3)23-13/h5-9,14H,1-4H3,(H,17,20)(H,18,22)(H,19,21)/t9-,14+/m1/s1. The van der Waals surface area contributed by atoms with Crippen molar-refractivity contribution in [3.8, 4) is 5.75 Å². The Morgan fingerprint density at radius 3 is 2.61 bits per heavy atom. The fourth-order valence-electron chi connectivity index (χ4n) is 2.26. The summed E-state index contributed by atoms with van der Waals surface area (Å²) in [4.78, 5) is 35.2. The molecular formula is C16H21N3O4. The first-order valence-electron chi connectivity index (χ1n) is 7.47. The maximum absolute atomic E-state index is 12.3. The fourth-order valence-corrected chi connectivity index (χ4v) is 2.26. The van der Waals surface area contributed by atoms with Gasteiger partial charge in [-0.05, 0) is 31.0 Å². The average Bonchev–Trinajstić information content (AvgIpc) is 2.45. The van der Waals surface area contributed by atoms with Gasteiger partial charge < -0.3 is 20.7 Å². The fraction of sp³-hybridized carbons (Fsp3) is 0.438. The lowest BCUT2D eigenvalue weighted by atomic mass is 10.0. The molecule has 0 radical (unpaired) electrons. The van der Waals surface area contributed by atoms with Gasteiger partial charge >= 0.3 is 0 Å². The summed E-state index contributed by atoms with van der Waals surface area (Å²) in [6, 6.07) is 4.37. The summed E-state index contributed by atoms with van der Waals surface area (Å²) >= 11 is 0. The maximum atomic E-state index is 12.3. The van der Waals surface area contributed by atoms with Gasteiger partial charge in [-0.2, -0.15) is 0 Å². The number of benzene rings is 1. The molecule has 1 aromatic rings. The van der Waals surface area contributed by atoms with E-state index in [1.807, 2.05) is 13.8 Å². The molecule has 0 spiro atoms. The van der Waals surface area contributed by atoms with E-state index in [-0.39, 0.29) is 23.6 Å². The van der Waals surface area contributed by atoms with Gasteiger partial charge in [-0.3, -0.25) is 14.4 Å². The zero-order valence-electron chi connectivity index (χ0n) is 13.6. The summed E-state index contributed by atoms with van der Waals surface area (Å²) in [5.74, 6) is -0.317. The number of hydrogen-bond acceptors (Lipinski definition) is 4. The molecule has 0 unspecified atom stereocenters. The number of ether oxygens (including phenoxy) is 1. The molecule has 1 aliphatic heterocycles. The zero-order chi connectivity index (χ0) is 17.1. The van der Waals surface area contributed by atoms with Crippen molar-refractivity contribution >= 4 is 29.1 Å². The van der Waals surface area contributed by atoms with E-state index < -0.39 is 12.1 Å². The van der Waals surface area contributed by atoms with E-state index in [2.05, 4.69) is 16.0 Å². The largest absolute Gasteiger partial charge is 0.479 e. The van der Waals surface area contributed by atoms with Crippen LogP contribution in [0.15, 0.2) is 18.2 Å². The Morgan fingerprint density at radius 1 is 1.30 bits per heavy atom. The van der Waals surface area contributed by atoms with E-state index in [1.54, 1.807) is 25.1 Å². The average molecular weight is 319 g/mol. The minimum absolute atomic E-state index is 0.0552. The van der Waals surface area contributed by atoms with Crippen LogP contribution in [-0.4, -0.2) is 29.9 Å². The molecule has 2 rings (SSSR count). The Balaban J connectivity index is 2.14. The van der Waals surface area contributed by atoms with Gasteiger partial charge in [0.25, 0.3) is 5.91 Å². The Kier molecular flexibility index (Phi) is 4.88. The van der Waals surface area contributed by atoms with Crippen molar-refractivity contribution < 1.29 is 19.1 Å². The Bertz CT molecular complexity index is 642. The van der Waals surface area contributed by atoms with E-state index >= 15 is 0 Å². The summed E-state index contributed by atoms with van der Waals surface area (Å²) in [7, 11) is 0. The van der Waals surface area contributed by atoms with E-state index in [9.17, 15) is 14.4 Å². The lowest BCUT2D eigenvalue weighted by Crippen LogP contribution is -2.46. The van der Waals surface area contributed by atoms with Crippen LogP contribution in [0.2, 0.25) is 0 Å². The van der Waals surface area contributed by atoms with Gasteiger partial charge in [-0.1, -0.05) is 13.8 Å². The smallest absolute Gasteiger partial charge is 0.265 e. The third-order valence-corrected chi connectivity index (χ3v) is 3.49. The first-order chi connectivity index (χ1) is 10.8. The summed E-state index contributed by atoms with van der Waals surface area (Å²) in [6.45, 7) is 6.73. The molecule has 1 aromatic carbocycles. The molecule has 0 aromatic heterocycles. The van der Waals surface area contributed by atoms with Crippen molar-refractivity contribution in [2.45, 2.75) is 39.8 Å². The van der Waals surface area contributed by atoms with Crippen molar-refractivity contribution in [3.05, 3.63) is 18.2 Å². The number of carbonyl (C=O) groups is 3. The third kappa shape index (κ3) is 4.00. The molecule has 0 bridgehead atoms. The molecule has 1 heterocycles. The predicted octanol–water partition coefficient (Wildman–Crippen LogP) is 1.51. The highest BCUT2D eigenvalue weighted by molar-refractivity contribution is 6.00. The second-order valence-electron chi connectivity index (χ2n) is 5.87. The molecule has 2 atom stereocenters. The number of anilines is 2. The molecule has 23 heavy (non-hydrogen) atoms. The van der Waals surface area contributed by atoms with Crippen LogP contribution in [0.1, 0.15) is 27.7 Å². The molecule has 0 aliphatic carbocycles. The van der Waals surface area contributed by atoms with Gasteiger partial charge in [-0.25, -0.2) is 0 Å². The summed E-state index contributed by atoms with van der Waals surface area (Å²) in [5.41, 5.74) is 1.02. The molecule has 0 fully saturated rings. The predicted molar refractivity (Wildman–Crippen MR) is 86.2 cm³/mol. The number of fused-ring (bicyclic) bond motifs is 1. The van der Waals surface area contributed by atoms with Crippen molar-refractivity contribution in [2.75, 3.05) is 10.6 Å². The quantitative estimate of drug-likeness (QED) is 0.783. The van der Waals surface area contributed by atoms with Crippen LogP contribution in [0.5, 0.6) is 5.75 Å². The van der Waals surface area contributed by atoms with Gasteiger partial charge in [0, 0.05) is 12.6 Å². The van der Waals surface area contributed by atoms with Gasteiger partial charge in [-0.15, -0.1) is 0 Å². The number of rotatable bonds is 4. The molecule has 0 saturated carbocycles. The zero-order valence-corrected chi connectivity index (χ0v) is 13.6. The Morgan fingerprint density at radius 2 is 2.00 bits per heavy atom. The molecule has 7 nitrogen and oxygen atoms in total. The van der Waals surface area contributed by atoms with E-state index in [0.29, 0.717) is 17.1 Å². The van der Waals surface area contributed by atoms with Crippen LogP contribution in [-0.2, 0) is 14.4 Å². The number of nitrogens with one attached hydrogen (secondary N) is 3. The lowest BCUT2D eigenvalue weighted by Gasteiger charge is -2.24. The molecule has 3 N–H and O–H groups in total. The first-order valence-corrected chi connectivity index (χ1v) is 7.47. The van der Waals surface area contributed by atoms with Gasteiger partial charge in [0.05, 0.1) is 5.69 Å². The van der Waals surface area contributed by atoms with Crippen LogP contribution >= 0.6 is 0 Å². The molecule has 124 valence electrons. The minimum Gasteiger partial charge on any atom is -0.479 e. The molecule has 1 aliphatic rings. The maximum Gasteiger partial charge on any atom is 0.265 e. The van der Waals surface area contributed by atoms with E-state index in [1.165, 1.54) is 6.92 Å².